The average molecular weight is 541 g/mol. The maximum absolute atomic E-state index is 13.8. The first-order chi connectivity index (χ1) is 18.0. The van der Waals surface area contributed by atoms with Crippen LogP contribution in [0.5, 0.6) is 0 Å². The Morgan fingerprint density at radius 3 is 2.45 bits per heavy atom. The Balaban J connectivity index is 0.000000436. The van der Waals surface area contributed by atoms with E-state index in [9.17, 15) is 27.2 Å². The molecule has 2 aromatic rings. The number of methoxy groups -OCH3 is 1. The molecule has 0 spiro atoms. The van der Waals surface area contributed by atoms with Crippen LogP contribution in [-0.2, 0) is 20.5 Å². The Hall–Kier alpha value is -3.71. The number of alkyl halides is 3. The smallest absolute Gasteiger partial charge is 0.416 e. The van der Waals surface area contributed by atoms with E-state index in [0.717, 1.165) is 18.6 Å². The van der Waals surface area contributed by atoms with Gasteiger partial charge in [-0.3, -0.25) is 9.59 Å². The minimum Gasteiger partial charge on any atom is -0.481 e. The molecule has 206 valence electrons. The summed E-state index contributed by atoms with van der Waals surface area (Å²) in [6.45, 7) is 2.42. The molecule has 1 fully saturated rings. The van der Waals surface area contributed by atoms with E-state index in [2.05, 4.69) is 15.6 Å². The summed E-state index contributed by atoms with van der Waals surface area (Å²) in [5.74, 6) is -2.16. The van der Waals surface area contributed by atoms with E-state index >= 15 is 0 Å². The van der Waals surface area contributed by atoms with Crippen LogP contribution in [0.2, 0.25) is 0 Å². The highest BCUT2D eigenvalue weighted by molar-refractivity contribution is 6.08. The van der Waals surface area contributed by atoms with Crippen molar-refractivity contribution in [2.24, 2.45) is 4.99 Å². The number of aliphatic imine (C=N–C) groups is 1. The first kappa shape index (κ1) is 28.9. The van der Waals surface area contributed by atoms with Crippen LogP contribution in [0.15, 0.2) is 41.4 Å². The molecule has 0 unspecified atom stereocenters. The number of carbonyl (C=O) groups is 2. The van der Waals surface area contributed by atoms with Crippen molar-refractivity contribution in [1.82, 2.24) is 10.2 Å². The Kier molecular flexibility index (Phi) is 9.64. The number of amidine groups is 1. The number of hydrogen-bond acceptors (Lipinski definition) is 7. The van der Waals surface area contributed by atoms with Crippen LogP contribution in [-0.4, -0.2) is 72.3 Å². The Morgan fingerprint density at radius 1 is 1.11 bits per heavy atom. The summed E-state index contributed by atoms with van der Waals surface area (Å²) >= 11 is 0. The number of carboxylic acids is 2. The van der Waals surface area contributed by atoms with Crippen molar-refractivity contribution in [1.29, 1.82) is 0 Å². The number of fused-ring (bicyclic) bond motifs is 2. The first-order valence-electron chi connectivity index (χ1n) is 11.8. The molecular formula is C25H28F4N4O5. The quantitative estimate of drug-likeness (QED) is 0.402. The summed E-state index contributed by atoms with van der Waals surface area (Å²) in [5, 5.41) is 22.3. The third-order valence-electron chi connectivity index (χ3n) is 5.82. The van der Waals surface area contributed by atoms with Gasteiger partial charge in [-0.15, -0.1) is 0 Å². The molecule has 0 radical (unpaired) electrons. The van der Waals surface area contributed by atoms with E-state index in [1.54, 1.807) is 7.11 Å². The molecule has 2 aliphatic heterocycles. The highest BCUT2D eigenvalue weighted by Crippen LogP contribution is 2.38. The standard InChI is InChI=1S/C21H22F4N4O.C4H6O4/c1-30-9-6-15-12-29(8-7-26-15)20-16-10-13(21(23,24)25)2-4-17(16)27-19-11-14(22)3-5-18(19)28-20;5-3(6)1-2-4(7)8/h2-5,10-11,15,26-27H,6-9,12H2,1H3;1-2H2,(H,5,6)(H,7,8)/t15-;/m0./s1. The third-order valence-corrected chi connectivity index (χ3v) is 5.82. The zero-order valence-corrected chi connectivity index (χ0v) is 20.5. The van der Waals surface area contributed by atoms with Crippen LogP contribution in [0.4, 0.5) is 34.6 Å². The lowest BCUT2D eigenvalue weighted by atomic mass is 10.0. The van der Waals surface area contributed by atoms with Gasteiger partial charge in [0.15, 0.2) is 0 Å². The number of rotatable bonds is 6. The maximum atomic E-state index is 13.8. The molecule has 1 saturated heterocycles. The number of benzene rings is 2. The Labute approximate surface area is 216 Å². The molecule has 38 heavy (non-hydrogen) atoms. The van der Waals surface area contributed by atoms with Crippen LogP contribution >= 0.6 is 0 Å². The van der Waals surface area contributed by atoms with Crippen LogP contribution in [0.3, 0.4) is 0 Å². The number of carboxylic acid groups (broad SMARTS) is 2. The lowest BCUT2D eigenvalue weighted by Gasteiger charge is -2.36. The molecule has 4 N–H and O–H groups in total. The van der Waals surface area contributed by atoms with E-state index < -0.39 is 29.5 Å². The summed E-state index contributed by atoms with van der Waals surface area (Å²) in [7, 11) is 1.63. The summed E-state index contributed by atoms with van der Waals surface area (Å²) in [5.41, 5.74) is 0.936. The molecule has 2 heterocycles. The second-order valence-corrected chi connectivity index (χ2v) is 8.65. The number of piperazine rings is 1. The van der Waals surface area contributed by atoms with E-state index in [1.165, 1.54) is 24.3 Å². The van der Waals surface area contributed by atoms with Crippen molar-refractivity contribution in [2.45, 2.75) is 31.5 Å². The van der Waals surface area contributed by atoms with Gasteiger partial charge in [0, 0.05) is 50.6 Å². The minimum absolute atomic E-state index is 0.125. The third kappa shape index (κ3) is 7.89. The maximum Gasteiger partial charge on any atom is 0.416 e. The van der Waals surface area contributed by atoms with Crippen molar-refractivity contribution in [3.63, 3.8) is 0 Å². The molecular weight excluding hydrogens is 512 g/mol. The molecule has 4 rings (SSSR count). The number of halogens is 4. The molecule has 0 bridgehead atoms. The van der Waals surface area contributed by atoms with Gasteiger partial charge in [0.05, 0.1) is 29.8 Å². The topological polar surface area (TPSA) is 123 Å². The SMILES string of the molecule is COCC[C@H]1CN(C2=Nc3ccc(F)cc3Nc3ccc(C(F)(F)F)cc32)CCN1.O=C(O)CCC(=O)O. The predicted octanol–water partition coefficient (Wildman–Crippen LogP) is 4.23. The van der Waals surface area contributed by atoms with Crippen LogP contribution in [0, 0.1) is 5.82 Å². The second-order valence-electron chi connectivity index (χ2n) is 8.65. The van der Waals surface area contributed by atoms with Gasteiger partial charge in [-0.05, 0) is 42.8 Å². The van der Waals surface area contributed by atoms with E-state index in [4.69, 9.17) is 14.9 Å². The predicted molar refractivity (Wildman–Crippen MR) is 132 cm³/mol. The number of aliphatic carboxylic acids is 2. The van der Waals surface area contributed by atoms with E-state index in [0.29, 0.717) is 54.7 Å². The van der Waals surface area contributed by atoms with Crippen molar-refractivity contribution in [3.05, 3.63) is 53.3 Å². The summed E-state index contributed by atoms with van der Waals surface area (Å²) in [4.78, 5) is 25.9. The van der Waals surface area contributed by atoms with Crippen molar-refractivity contribution >= 4 is 34.8 Å². The minimum atomic E-state index is -4.48. The number of nitrogens with one attached hydrogen (secondary N) is 2. The van der Waals surface area contributed by atoms with Gasteiger partial charge in [0.1, 0.15) is 11.7 Å². The number of hydrogen-bond donors (Lipinski definition) is 4. The van der Waals surface area contributed by atoms with Crippen LogP contribution in [0.1, 0.15) is 30.4 Å². The number of anilines is 2. The fourth-order valence-corrected chi connectivity index (χ4v) is 3.97. The van der Waals surface area contributed by atoms with Gasteiger partial charge in [-0.1, -0.05) is 0 Å². The molecule has 0 amide bonds. The summed E-state index contributed by atoms with van der Waals surface area (Å²) in [6, 6.07) is 7.74. The van der Waals surface area contributed by atoms with Crippen LogP contribution < -0.4 is 10.6 Å². The van der Waals surface area contributed by atoms with E-state index in [-0.39, 0.29) is 18.9 Å². The molecule has 2 aliphatic rings. The largest absolute Gasteiger partial charge is 0.481 e. The lowest BCUT2D eigenvalue weighted by molar-refractivity contribution is -0.143. The van der Waals surface area contributed by atoms with Crippen molar-refractivity contribution in [3.8, 4) is 0 Å². The average Bonchev–Trinajstić information content (AvgIpc) is 3.02. The van der Waals surface area contributed by atoms with Gasteiger partial charge >= 0.3 is 18.1 Å². The Morgan fingerprint density at radius 2 is 1.82 bits per heavy atom. The molecule has 0 aliphatic carbocycles. The molecule has 9 nitrogen and oxygen atoms in total. The number of ether oxygens (including phenoxy) is 1. The Bertz CT molecular complexity index is 1170. The van der Waals surface area contributed by atoms with Gasteiger partial charge in [0.2, 0.25) is 0 Å². The summed E-state index contributed by atoms with van der Waals surface area (Å²) < 4.78 is 59.1. The zero-order valence-electron chi connectivity index (χ0n) is 20.5. The molecule has 0 saturated carbocycles. The first-order valence-corrected chi connectivity index (χ1v) is 11.8. The normalized spacial score (nSPS) is 16.6. The highest BCUT2D eigenvalue weighted by Gasteiger charge is 2.33. The van der Waals surface area contributed by atoms with Crippen LogP contribution in [0.25, 0.3) is 0 Å². The lowest BCUT2D eigenvalue weighted by Crippen LogP contribution is -2.53. The van der Waals surface area contributed by atoms with Gasteiger partial charge in [0.25, 0.3) is 0 Å². The monoisotopic (exact) mass is 540 g/mol. The van der Waals surface area contributed by atoms with Crippen molar-refractivity contribution in [2.75, 3.05) is 38.7 Å². The molecule has 1 atom stereocenters. The zero-order chi connectivity index (χ0) is 27.9. The second kappa shape index (κ2) is 12.7. The van der Waals surface area contributed by atoms with E-state index in [1.807, 2.05) is 4.90 Å². The fourth-order valence-electron chi connectivity index (χ4n) is 3.97. The molecule has 13 heteroatoms. The highest BCUT2D eigenvalue weighted by atomic mass is 19.4. The van der Waals surface area contributed by atoms with Crippen molar-refractivity contribution < 1.29 is 42.1 Å². The molecule has 2 aromatic carbocycles. The molecule has 0 aromatic heterocycles. The van der Waals surface area contributed by atoms with Gasteiger partial charge in [-0.2, -0.15) is 13.2 Å². The summed E-state index contributed by atoms with van der Waals surface area (Å²) in [6.07, 6.45) is -4.30. The van der Waals surface area contributed by atoms with Gasteiger partial charge < -0.3 is 30.5 Å². The number of nitrogens with zero attached hydrogens (tertiary/aromatic N) is 2. The fraction of sp³-hybridized carbons (Fsp3) is 0.400. The van der Waals surface area contributed by atoms with Gasteiger partial charge in [-0.25, -0.2) is 9.38 Å².